The van der Waals surface area contributed by atoms with Crippen LogP contribution in [0.2, 0.25) is 0 Å². The Bertz CT molecular complexity index is 159. The Labute approximate surface area is 66.3 Å². The fourth-order valence-corrected chi connectivity index (χ4v) is 1.93. The number of hydrogen-bond acceptors (Lipinski definition) is 3. The Kier molecular flexibility index (Phi) is 1.67. The van der Waals surface area contributed by atoms with Crippen molar-refractivity contribution in [3.05, 3.63) is 0 Å². The molecule has 3 heteroatoms. The summed E-state index contributed by atoms with van der Waals surface area (Å²) in [7, 11) is 0. The topological polar surface area (TPSA) is 38.7 Å². The van der Waals surface area contributed by atoms with E-state index in [9.17, 15) is 5.11 Å². The van der Waals surface area contributed by atoms with Crippen LogP contribution in [0.1, 0.15) is 13.8 Å². The second kappa shape index (κ2) is 2.44. The molecule has 5 unspecified atom stereocenters. The van der Waals surface area contributed by atoms with Gasteiger partial charge in [-0.2, -0.15) is 0 Å². The van der Waals surface area contributed by atoms with Gasteiger partial charge in [-0.1, -0.05) is 13.8 Å². The average Bonchev–Trinajstić information content (AvgIpc) is 2.24. The Hall–Kier alpha value is -0.120. The third-order valence-electron chi connectivity index (χ3n) is 2.71. The molecular formula is C8H14O3. The molecule has 0 saturated carbocycles. The summed E-state index contributed by atoms with van der Waals surface area (Å²) in [5.74, 6) is 0.635. The highest BCUT2D eigenvalue weighted by Gasteiger charge is 2.47. The molecule has 0 aromatic heterocycles. The summed E-state index contributed by atoms with van der Waals surface area (Å²) in [5.41, 5.74) is 0. The maximum absolute atomic E-state index is 9.54. The van der Waals surface area contributed by atoms with Gasteiger partial charge in [-0.3, -0.25) is 0 Å². The Balaban J connectivity index is 2.16. The van der Waals surface area contributed by atoms with Gasteiger partial charge in [-0.15, -0.1) is 0 Å². The van der Waals surface area contributed by atoms with E-state index in [4.69, 9.17) is 9.47 Å². The molecule has 0 aromatic rings. The maximum Gasteiger partial charge on any atom is 0.184 e. The van der Waals surface area contributed by atoms with Crippen LogP contribution in [0.3, 0.4) is 0 Å². The van der Waals surface area contributed by atoms with Crippen LogP contribution in [0.4, 0.5) is 0 Å². The lowest BCUT2D eigenvalue weighted by molar-refractivity contribution is -0.215. The molecule has 3 nitrogen and oxygen atoms in total. The molecular weight excluding hydrogens is 144 g/mol. The molecule has 2 aliphatic rings. The van der Waals surface area contributed by atoms with Crippen molar-refractivity contribution in [1.82, 2.24) is 0 Å². The molecule has 11 heavy (non-hydrogen) atoms. The van der Waals surface area contributed by atoms with Crippen molar-refractivity contribution in [3.63, 3.8) is 0 Å². The van der Waals surface area contributed by atoms with Crippen LogP contribution in [0.5, 0.6) is 0 Å². The number of aliphatic hydroxyl groups is 1. The van der Waals surface area contributed by atoms with Gasteiger partial charge in [0.15, 0.2) is 6.29 Å². The van der Waals surface area contributed by atoms with Gasteiger partial charge in [0, 0.05) is 11.8 Å². The van der Waals surface area contributed by atoms with Gasteiger partial charge in [0.05, 0.1) is 12.7 Å². The molecule has 0 spiro atoms. The number of ether oxygens (including phenoxy) is 2. The lowest BCUT2D eigenvalue weighted by Crippen LogP contribution is -2.33. The van der Waals surface area contributed by atoms with Crippen LogP contribution >= 0.6 is 0 Å². The van der Waals surface area contributed by atoms with Gasteiger partial charge in [0.2, 0.25) is 0 Å². The first-order chi connectivity index (χ1) is 5.20. The Morgan fingerprint density at radius 2 is 2.09 bits per heavy atom. The molecule has 2 bridgehead atoms. The molecule has 0 aliphatic carbocycles. The van der Waals surface area contributed by atoms with E-state index < -0.39 is 6.10 Å². The molecule has 0 aromatic carbocycles. The van der Waals surface area contributed by atoms with E-state index in [1.807, 2.05) is 6.92 Å². The molecule has 2 heterocycles. The maximum atomic E-state index is 9.54. The summed E-state index contributed by atoms with van der Waals surface area (Å²) in [4.78, 5) is 0. The van der Waals surface area contributed by atoms with Crippen LogP contribution in [-0.4, -0.2) is 30.2 Å². The predicted molar refractivity (Wildman–Crippen MR) is 38.9 cm³/mol. The van der Waals surface area contributed by atoms with Gasteiger partial charge >= 0.3 is 0 Å². The highest BCUT2D eigenvalue weighted by atomic mass is 16.7. The van der Waals surface area contributed by atoms with E-state index in [-0.39, 0.29) is 18.3 Å². The quantitative estimate of drug-likeness (QED) is 0.553. The Morgan fingerprint density at radius 1 is 1.36 bits per heavy atom. The zero-order valence-corrected chi connectivity index (χ0v) is 6.86. The van der Waals surface area contributed by atoms with Crippen molar-refractivity contribution in [2.45, 2.75) is 32.3 Å². The van der Waals surface area contributed by atoms with Crippen molar-refractivity contribution < 1.29 is 14.6 Å². The van der Waals surface area contributed by atoms with Crippen LogP contribution in [0.15, 0.2) is 0 Å². The van der Waals surface area contributed by atoms with Gasteiger partial charge in [0.25, 0.3) is 0 Å². The van der Waals surface area contributed by atoms with E-state index in [0.717, 1.165) is 6.61 Å². The fraction of sp³-hybridized carbons (Fsp3) is 1.00. The molecule has 1 N–H and O–H groups in total. The van der Waals surface area contributed by atoms with E-state index in [2.05, 4.69) is 6.92 Å². The van der Waals surface area contributed by atoms with Crippen molar-refractivity contribution in [3.8, 4) is 0 Å². The molecule has 0 radical (unpaired) electrons. The summed E-state index contributed by atoms with van der Waals surface area (Å²) >= 11 is 0. The fourth-order valence-electron chi connectivity index (χ4n) is 1.93. The zero-order chi connectivity index (χ0) is 8.01. The van der Waals surface area contributed by atoms with Gasteiger partial charge in [0.1, 0.15) is 6.10 Å². The summed E-state index contributed by atoms with van der Waals surface area (Å²) in [5, 5.41) is 9.54. The van der Waals surface area contributed by atoms with Crippen LogP contribution in [0.25, 0.3) is 0 Å². The van der Waals surface area contributed by atoms with E-state index >= 15 is 0 Å². The first kappa shape index (κ1) is 7.53. The second-order valence-corrected chi connectivity index (χ2v) is 3.63. The first-order valence-electron chi connectivity index (χ1n) is 4.15. The predicted octanol–water partition coefficient (Wildman–Crippen LogP) is 0.375. The first-order valence-corrected chi connectivity index (χ1v) is 4.15. The molecule has 2 saturated heterocycles. The summed E-state index contributed by atoms with van der Waals surface area (Å²) in [6.07, 6.45) is -0.583. The van der Waals surface area contributed by atoms with Crippen molar-refractivity contribution in [1.29, 1.82) is 0 Å². The minimum atomic E-state index is -0.426. The average molecular weight is 158 g/mol. The minimum absolute atomic E-state index is 0.198. The van der Waals surface area contributed by atoms with Crippen molar-refractivity contribution in [2.24, 2.45) is 11.8 Å². The summed E-state index contributed by atoms with van der Waals surface area (Å²) in [6.45, 7) is 4.83. The lowest BCUT2D eigenvalue weighted by atomic mass is 9.93. The number of aliphatic hydroxyl groups excluding tert-OH is 1. The van der Waals surface area contributed by atoms with Gasteiger partial charge in [-0.25, -0.2) is 0 Å². The monoisotopic (exact) mass is 158 g/mol. The number of fused-ring (bicyclic) bond motifs is 2. The molecule has 5 atom stereocenters. The lowest BCUT2D eigenvalue weighted by Gasteiger charge is -2.27. The normalized spacial score (nSPS) is 56.5. The molecule has 2 rings (SSSR count). The molecule has 2 aliphatic heterocycles. The molecule has 2 fully saturated rings. The van der Waals surface area contributed by atoms with Gasteiger partial charge < -0.3 is 14.6 Å². The minimum Gasteiger partial charge on any atom is -0.387 e. The highest BCUT2D eigenvalue weighted by molar-refractivity contribution is 4.89. The van der Waals surface area contributed by atoms with Crippen LogP contribution in [-0.2, 0) is 9.47 Å². The summed E-state index contributed by atoms with van der Waals surface area (Å²) < 4.78 is 10.8. The van der Waals surface area contributed by atoms with E-state index in [1.54, 1.807) is 0 Å². The van der Waals surface area contributed by atoms with E-state index in [0.29, 0.717) is 5.92 Å². The number of hydrogen-bond donors (Lipinski definition) is 1. The number of rotatable bonds is 0. The van der Waals surface area contributed by atoms with Crippen LogP contribution < -0.4 is 0 Å². The molecule has 64 valence electrons. The van der Waals surface area contributed by atoms with Crippen LogP contribution in [0, 0.1) is 11.8 Å². The smallest absolute Gasteiger partial charge is 0.184 e. The largest absolute Gasteiger partial charge is 0.387 e. The molecule has 0 amide bonds. The SMILES string of the molecule is CC1COC2OC1C(C)C2O. The Morgan fingerprint density at radius 3 is 2.73 bits per heavy atom. The third-order valence-corrected chi connectivity index (χ3v) is 2.71. The highest BCUT2D eigenvalue weighted by Crippen LogP contribution is 2.36. The van der Waals surface area contributed by atoms with Crippen molar-refractivity contribution >= 4 is 0 Å². The zero-order valence-electron chi connectivity index (χ0n) is 6.86. The third kappa shape index (κ3) is 0.991. The van der Waals surface area contributed by atoms with Gasteiger partial charge in [-0.05, 0) is 0 Å². The standard InChI is InChI=1S/C8H14O3/c1-4-3-10-8-6(9)5(2)7(4)11-8/h4-9H,3H2,1-2H3. The van der Waals surface area contributed by atoms with Crippen molar-refractivity contribution in [2.75, 3.05) is 6.61 Å². The second-order valence-electron chi connectivity index (χ2n) is 3.63. The van der Waals surface area contributed by atoms with E-state index in [1.165, 1.54) is 0 Å². The summed E-state index contributed by atoms with van der Waals surface area (Å²) in [6, 6.07) is 0.